The molecular weight excluding hydrogens is 437 g/mol. The summed E-state index contributed by atoms with van der Waals surface area (Å²) in [7, 11) is 0. The second-order valence-corrected chi connectivity index (χ2v) is 7.90. The molecule has 0 unspecified atom stereocenters. The highest BCUT2D eigenvalue weighted by Crippen LogP contribution is 2.32. The third kappa shape index (κ3) is 4.15. The predicted molar refractivity (Wildman–Crippen MR) is 113 cm³/mol. The van der Waals surface area contributed by atoms with Gasteiger partial charge < -0.3 is 0 Å². The van der Waals surface area contributed by atoms with Crippen LogP contribution in [0.4, 0.5) is 0 Å². The molecule has 0 spiro atoms. The lowest BCUT2D eigenvalue weighted by Crippen LogP contribution is -2.00. The summed E-state index contributed by atoms with van der Waals surface area (Å²) in [5.41, 5.74) is 2.69. The molecule has 0 atom stereocenters. The molecule has 140 valence electrons. The molecule has 0 aliphatic rings. The van der Waals surface area contributed by atoms with Crippen LogP contribution in [0.25, 0.3) is 17.1 Å². The SMILES string of the molecule is Clc1ccc(CSc2nnc(-c3cccnc3)n2-c2ccc(Cl)c(Cl)c2)cn1. The number of aromatic nitrogens is 5. The topological polar surface area (TPSA) is 56.5 Å². The van der Waals surface area contributed by atoms with E-state index in [4.69, 9.17) is 34.8 Å². The van der Waals surface area contributed by atoms with Crippen molar-refractivity contribution >= 4 is 46.6 Å². The first-order valence-corrected chi connectivity index (χ1v) is 10.3. The lowest BCUT2D eigenvalue weighted by molar-refractivity contribution is 0.885. The second-order valence-electron chi connectivity index (χ2n) is 5.76. The highest BCUT2D eigenvalue weighted by atomic mass is 35.5. The van der Waals surface area contributed by atoms with Crippen molar-refractivity contribution in [1.82, 2.24) is 24.7 Å². The van der Waals surface area contributed by atoms with Crippen molar-refractivity contribution in [3.8, 4) is 17.1 Å². The lowest BCUT2D eigenvalue weighted by Gasteiger charge is -2.11. The summed E-state index contributed by atoms with van der Waals surface area (Å²) in [6, 6.07) is 12.9. The van der Waals surface area contributed by atoms with Crippen LogP contribution in [0.15, 0.2) is 66.2 Å². The maximum Gasteiger partial charge on any atom is 0.196 e. The van der Waals surface area contributed by atoms with Gasteiger partial charge in [-0.05, 0) is 42.0 Å². The van der Waals surface area contributed by atoms with Gasteiger partial charge in [0.1, 0.15) is 5.15 Å². The molecule has 0 N–H and O–H groups in total. The summed E-state index contributed by atoms with van der Waals surface area (Å²) < 4.78 is 1.94. The molecule has 28 heavy (non-hydrogen) atoms. The fraction of sp³-hybridized carbons (Fsp3) is 0.0526. The third-order valence-electron chi connectivity index (χ3n) is 3.87. The first-order valence-electron chi connectivity index (χ1n) is 8.16. The number of pyridine rings is 2. The fourth-order valence-corrected chi connectivity index (χ4v) is 3.83. The smallest absolute Gasteiger partial charge is 0.196 e. The van der Waals surface area contributed by atoms with Gasteiger partial charge in [-0.25, -0.2) is 4.98 Å². The van der Waals surface area contributed by atoms with Crippen LogP contribution in [0.2, 0.25) is 15.2 Å². The number of nitrogens with zero attached hydrogens (tertiary/aromatic N) is 5. The van der Waals surface area contributed by atoms with Crippen molar-refractivity contribution < 1.29 is 0 Å². The Morgan fingerprint density at radius 1 is 0.929 bits per heavy atom. The van der Waals surface area contributed by atoms with Gasteiger partial charge in [0.25, 0.3) is 0 Å². The van der Waals surface area contributed by atoms with E-state index >= 15 is 0 Å². The Kier molecular flexibility index (Phi) is 5.82. The summed E-state index contributed by atoms with van der Waals surface area (Å²) in [4.78, 5) is 8.30. The fourth-order valence-electron chi connectivity index (χ4n) is 2.54. The van der Waals surface area contributed by atoms with E-state index in [1.54, 1.807) is 36.8 Å². The van der Waals surface area contributed by atoms with Crippen molar-refractivity contribution in [2.75, 3.05) is 0 Å². The summed E-state index contributed by atoms with van der Waals surface area (Å²) in [5, 5.41) is 10.9. The minimum absolute atomic E-state index is 0.461. The monoisotopic (exact) mass is 447 g/mol. The van der Waals surface area contributed by atoms with Gasteiger partial charge in [0.05, 0.1) is 15.7 Å². The molecule has 0 fully saturated rings. The third-order valence-corrected chi connectivity index (χ3v) is 5.83. The summed E-state index contributed by atoms with van der Waals surface area (Å²) in [6.45, 7) is 0. The molecule has 4 rings (SSSR count). The molecule has 0 bridgehead atoms. The van der Waals surface area contributed by atoms with Crippen LogP contribution in [0.5, 0.6) is 0 Å². The summed E-state index contributed by atoms with van der Waals surface area (Å²) in [6.07, 6.45) is 5.21. The first kappa shape index (κ1) is 19.2. The van der Waals surface area contributed by atoms with Crippen LogP contribution in [-0.4, -0.2) is 24.7 Å². The van der Waals surface area contributed by atoms with Crippen LogP contribution < -0.4 is 0 Å². The van der Waals surface area contributed by atoms with Crippen molar-refractivity contribution in [2.24, 2.45) is 0 Å². The molecular formula is C19H12Cl3N5S. The van der Waals surface area contributed by atoms with Crippen LogP contribution >= 0.6 is 46.6 Å². The molecule has 4 aromatic rings. The van der Waals surface area contributed by atoms with Gasteiger partial charge >= 0.3 is 0 Å². The van der Waals surface area contributed by atoms with E-state index in [1.807, 2.05) is 28.8 Å². The van der Waals surface area contributed by atoms with Gasteiger partial charge in [-0.1, -0.05) is 52.6 Å². The van der Waals surface area contributed by atoms with Crippen molar-refractivity contribution in [3.63, 3.8) is 0 Å². The predicted octanol–water partition coefficient (Wildman–Crippen LogP) is 5.98. The van der Waals surface area contributed by atoms with Gasteiger partial charge in [0.2, 0.25) is 0 Å². The van der Waals surface area contributed by atoms with Crippen LogP contribution in [-0.2, 0) is 5.75 Å². The zero-order valence-electron chi connectivity index (χ0n) is 14.3. The van der Waals surface area contributed by atoms with Gasteiger partial charge in [-0.3, -0.25) is 9.55 Å². The first-order chi connectivity index (χ1) is 13.6. The largest absolute Gasteiger partial charge is 0.270 e. The molecule has 0 aliphatic heterocycles. The van der Waals surface area contributed by atoms with E-state index in [0.717, 1.165) is 16.8 Å². The average molecular weight is 449 g/mol. The van der Waals surface area contributed by atoms with Gasteiger partial charge in [-0.15, -0.1) is 10.2 Å². The molecule has 0 saturated heterocycles. The standard InChI is InChI=1S/C19H12Cl3N5S/c20-15-5-4-14(8-16(15)21)27-18(13-2-1-7-23-10-13)25-26-19(27)28-11-12-3-6-17(22)24-9-12/h1-10H,11H2. The van der Waals surface area contributed by atoms with Crippen molar-refractivity contribution in [1.29, 1.82) is 0 Å². The molecule has 1 aromatic carbocycles. The zero-order valence-corrected chi connectivity index (χ0v) is 17.3. The molecule has 5 nitrogen and oxygen atoms in total. The van der Waals surface area contributed by atoms with E-state index < -0.39 is 0 Å². The van der Waals surface area contributed by atoms with Gasteiger partial charge in [0, 0.05) is 29.9 Å². The maximum atomic E-state index is 6.24. The van der Waals surface area contributed by atoms with Crippen LogP contribution in [0, 0.1) is 0 Å². The zero-order chi connectivity index (χ0) is 19.5. The second kappa shape index (κ2) is 8.49. The Bertz CT molecular complexity index is 1100. The Morgan fingerprint density at radius 3 is 2.54 bits per heavy atom. The minimum Gasteiger partial charge on any atom is -0.270 e. The molecule has 0 amide bonds. The molecule has 3 aromatic heterocycles. The number of thioether (sulfide) groups is 1. The Morgan fingerprint density at radius 2 is 1.82 bits per heavy atom. The van der Waals surface area contributed by atoms with E-state index in [9.17, 15) is 0 Å². The number of hydrogen-bond acceptors (Lipinski definition) is 5. The Balaban J connectivity index is 1.74. The van der Waals surface area contributed by atoms with Gasteiger partial charge in [-0.2, -0.15) is 0 Å². The van der Waals surface area contributed by atoms with Crippen molar-refractivity contribution in [3.05, 3.63) is 81.8 Å². The molecule has 9 heteroatoms. The molecule has 0 aliphatic carbocycles. The highest BCUT2D eigenvalue weighted by molar-refractivity contribution is 7.98. The maximum absolute atomic E-state index is 6.24. The van der Waals surface area contributed by atoms with E-state index in [-0.39, 0.29) is 0 Å². The number of rotatable bonds is 5. The average Bonchev–Trinajstić information content (AvgIpc) is 3.14. The summed E-state index contributed by atoms with van der Waals surface area (Å²) in [5.74, 6) is 1.33. The van der Waals surface area contributed by atoms with E-state index in [0.29, 0.717) is 31.9 Å². The highest BCUT2D eigenvalue weighted by Gasteiger charge is 2.17. The Labute approximate surface area is 180 Å². The molecule has 0 radical (unpaired) electrons. The molecule has 0 saturated carbocycles. The minimum atomic E-state index is 0.461. The summed E-state index contributed by atoms with van der Waals surface area (Å²) >= 11 is 19.7. The normalized spacial score (nSPS) is 11.0. The van der Waals surface area contributed by atoms with Crippen LogP contribution in [0.3, 0.4) is 0 Å². The van der Waals surface area contributed by atoms with Crippen LogP contribution in [0.1, 0.15) is 5.56 Å². The number of halogens is 3. The number of hydrogen-bond donors (Lipinski definition) is 0. The Hall–Kier alpha value is -2.12. The quantitative estimate of drug-likeness (QED) is 0.278. The van der Waals surface area contributed by atoms with Crippen molar-refractivity contribution in [2.45, 2.75) is 10.9 Å². The van der Waals surface area contributed by atoms with E-state index in [1.165, 1.54) is 11.8 Å². The van der Waals surface area contributed by atoms with Gasteiger partial charge in [0.15, 0.2) is 11.0 Å². The lowest BCUT2D eigenvalue weighted by atomic mass is 10.2. The number of benzene rings is 1. The van der Waals surface area contributed by atoms with E-state index in [2.05, 4.69) is 20.2 Å². The molecule has 3 heterocycles.